The molecule has 3 amide bonds. The van der Waals surface area contributed by atoms with Crippen LogP contribution in [0.1, 0.15) is 13.3 Å². The molecule has 17 heavy (non-hydrogen) atoms. The van der Waals surface area contributed by atoms with E-state index in [-0.39, 0.29) is 0 Å². The Hall–Kier alpha value is -2.05. The van der Waals surface area contributed by atoms with E-state index in [0.29, 0.717) is 6.54 Å². The monoisotopic (exact) mass is 243 g/mol. The van der Waals surface area contributed by atoms with Crippen molar-refractivity contribution in [3.05, 3.63) is 12.2 Å². The number of carbonyl (C=O) groups excluding carboxylic acids is 2. The summed E-state index contributed by atoms with van der Waals surface area (Å²) in [4.78, 5) is 34.2. The number of amides is 3. The van der Waals surface area contributed by atoms with Gasteiger partial charge in [-0.25, -0.2) is 9.59 Å². The van der Waals surface area contributed by atoms with Crippen molar-refractivity contribution in [3.63, 3.8) is 0 Å². The lowest BCUT2D eigenvalue weighted by Crippen LogP contribution is -2.48. The number of urea groups is 1. The topological polar surface area (TPSA) is 113 Å². The maximum Gasteiger partial charge on any atom is 0.326 e. The minimum atomic E-state index is -1.31. The smallest absolute Gasteiger partial charge is 0.326 e. The number of rotatable bonds is 6. The van der Waals surface area contributed by atoms with Gasteiger partial charge in [-0.2, -0.15) is 0 Å². The summed E-state index contributed by atoms with van der Waals surface area (Å²) in [7, 11) is 1.49. The van der Waals surface area contributed by atoms with Crippen LogP contribution in [0, 0.1) is 0 Å². The van der Waals surface area contributed by atoms with E-state index in [0.717, 1.165) is 5.57 Å². The Kier molecular flexibility index (Phi) is 5.73. The standard InChI is InChI=1S/C10H17N3O4/c1-6(2)5-13(3)10(17)12-7(9(15)16)4-8(11)14/h7H,1,4-5H2,2-3H3,(H2,11,14)(H,12,17)(H,15,16)/t7-/m0/s1. The summed E-state index contributed by atoms with van der Waals surface area (Å²) in [5, 5.41) is 11.0. The van der Waals surface area contributed by atoms with Crippen molar-refractivity contribution < 1.29 is 19.5 Å². The van der Waals surface area contributed by atoms with E-state index in [1.807, 2.05) is 0 Å². The first-order chi connectivity index (χ1) is 7.73. The third kappa shape index (κ3) is 6.18. The summed E-state index contributed by atoms with van der Waals surface area (Å²) in [6.07, 6.45) is -0.442. The first-order valence-electron chi connectivity index (χ1n) is 4.91. The predicted octanol–water partition coefficient (Wildman–Crippen LogP) is -0.467. The first kappa shape index (κ1) is 14.9. The van der Waals surface area contributed by atoms with Gasteiger partial charge >= 0.3 is 12.0 Å². The molecule has 0 bridgehead atoms. The Morgan fingerprint density at radius 1 is 1.47 bits per heavy atom. The van der Waals surface area contributed by atoms with Gasteiger partial charge in [-0.05, 0) is 6.92 Å². The van der Waals surface area contributed by atoms with Gasteiger partial charge in [0.25, 0.3) is 0 Å². The Morgan fingerprint density at radius 3 is 2.35 bits per heavy atom. The summed E-state index contributed by atoms with van der Waals surface area (Å²) in [5.41, 5.74) is 5.64. The quantitative estimate of drug-likeness (QED) is 0.547. The van der Waals surface area contributed by atoms with Crippen LogP contribution in [0.25, 0.3) is 0 Å². The molecule has 7 nitrogen and oxygen atoms in total. The van der Waals surface area contributed by atoms with Crippen LogP contribution >= 0.6 is 0 Å². The molecule has 7 heteroatoms. The van der Waals surface area contributed by atoms with Crippen molar-refractivity contribution >= 4 is 17.9 Å². The number of likely N-dealkylation sites (N-methyl/N-ethyl adjacent to an activating group) is 1. The third-order valence-electron chi connectivity index (χ3n) is 1.85. The minimum Gasteiger partial charge on any atom is -0.480 e. The Morgan fingerprint density at radius 2 is 2.00 bits per heavy atom. The molecule has 1 atom stereocenters. The van der Waals surface area contributed by atoms with Crippen molar-refractivity contribution in [1.82, 2.24) is 10.2 Å². The molecule has 0 radical (unpaired) electrons. The van der Waals surface area contributed by atoms with Crippen molar-refractivity contribution in [1.29, 1.82) is 0 Å². The van der Waals surface area contributed by atoms with Gasteiger partial charge in [0.15, 0.2) is 0 Å². The zero-order valence-electron chi connectivity index (χ0n) is 9.90. The molecule has 0 aliphatic heterocycles. The highest BCUT2D eigenvalue weighted by molar-refractivity contribution is 5.87. The zero-order chi connectivity index (χ0) is 13.6. The number of nitrogens with one attached hydrogen (secondary N) is 1. The van der Waals surface area contributed by atoms with Gasteiger partial charge in [0.05, 0.1) is 6.42 Å². The second-order valence-electron chi connectivity index (χ2n) is 3.82. The van der Waals surface area contributed by atoms with Gasteiger partial charge < -0.3 is 21.1 Å². The number of nitrogens with zero attached hydrogens (tertiary/aromatic N) is 1. The fourth-order valence-electron chi connectivity index (χ4n) is 1.14. The third-order valence-corrected chi connectivity index (χ3v) is 1.85. The SMILES string of the molecule is C=C(C)CN(C)C(=O)N[C@@H](CC(N)=O)C(=O)O. The molecule has 0 aromatic rings. The molecule has 0 aliphatic rings. The Balaban J connectivity index is 4.44. The highest BCUT2D eigenvalue weighted by Crippen LogP contribution is 1.97. The Labute approximate surface area is 99.3 Å². The molecule has 4 N–H and O–H groups in total. The highest BCUT2D eigenvalue weighted by atomic mass is 16.4. The van der Waals surface area contributed by atoms with E-state index in [4.69, 9.17) is 10.8 Å². The summed E-state index contributed by atoms with van der Waals surface area (Å²) in [6.45, 7) is 5.67. The summed E-state index contributed by atoms with van der Waals surface area (Å²) < 4.78 is 0. The average molecular weight is 243 g/mol. The van der Waals surface area contributed by atoms with Crippen LogP contribution < -0.4 is 11.1 Å². The fourth-order valence-corrected chi connectivity index (χ4v) is 1.14. The molecule has 0 saturated heterocycles. The van der Waals surface area contributed by atoms with Crippen molar-refractivity contribution in [3.8, 4) is 0 Å². The fraction of sp³-hybridized carbons (Fsp3) is 0.500. The minimum absolute atomic E-state index is 0.300. The summed E-state index contributed by atoms with van der Waals surface area (Å²) in [6, 6.07) is -1.91. The van der Waals surface area contributed by atoms with E-state index < -0.39 is 30.4 Å². The molecule has 0 aromatic heterocycles. The van der Waals surface area contributed by atoms with Crippen LogP contribution in [0.2, 0.25) is 0 Å². The van der Waals surface area contributed by atoms with Gasteiger partial charge in [-0.3, -0.25) is 4.79 Å². The van der Waals surface area contributed by atoms with Crippen LogP contribution in [-0.2, 0) is 9.59 Å². The number of carbonyl (C=O) groups is 3. The van der Waals surface area contributed by atoms with Crippen LogP contribution in [0.15, 0.2) is 12.2 Å². The first-order valence-corrected chi connectivity index (χ1v) is 4.91. The number of carboxylic acid groups (broad SMARTS) is 1. The van der Waals surface area contributed by atoms with Crippen LogP contribution in [0.5, 0.6) is 0 Å². The highest BCUT2D eigenvalue weighted by Gasteiger charge is 2.23. The van der Waals surface area contributed by atoms with Crippen molar-refractivity contribution in [2.24, 2.45) is 5.73 Å². The number of hydrogen-bond acceptors (Lipinski definition) is 3. The molecule has 0 aliphatic carbocycles. The predicted molar refractivity (Wildman–Crippen MR) is 61.2 cm³/mol. The maximum absolute atomic E-state index is 11.5. The second kappa shape index (κ2) is 6.51. The van der Waals surface area contributed by atoms with Crippen molar-refractivity contribution in [2.45, 2.75) is 19.4 Å². The number of carboxylic acids is 1. The number of nitrogens with two attached hydrogens (primary N) is 1. The molecule has 0 heterocycles. The normalized spacial score (nSPS) is 11.4. The Bertz CT molecular complexity index is 340. The maximum atomic E-state index is 11.5. The van der Waals surface area contributed by atoms with E-state index in [2.05, 4.69) is 11.9 Å². The zero-order valence-corrected chi connectivity index (χ0v) is 9.90. The molecule has 0 aromatic carbocycles. The van der Waals surface area contributed by atoms with E-state index in [9.17, 15) is 14.4 Å². The number of hydrogen-bond donors (Lipinski definition) is 3. The van der Waals surface area contributed by atoms with Gasteiger partial charge in [-0.1, -0.05) is 12.2 Å². The molecule has 0 fully saturated rings. The summed E-state index contributed by atoms with van der Waals surface area (Å²) >= 11 is 0. The summed E-state index contributed by atoms with van der Waals surface area (Å²) in [5.74, 6) is -2.10. The van der Waals surface area contributed by atoms with Crippen molar-refractivity contribution in [2.75, 3.05) is 13.6 Å². The number of aliphatic carboxylic acids is 1. The van der Waals surface area contributed by atoms with Gasteiger partial charge in [0.2, 0.25) is 5.91 Å². The molecule has 96 valence electrons. The molecule has 0 saturated carbocycles. The molecular weight excluding hydrogens is 226 g/mol. The van der Waals surface area contributed by atoms with Gasteiger partial charge in [-0.15, -0.1) is 0 Å². The molecule has 0 rings (SSSR count). The molecule has 0 spiro atoms. The lowest BCUT2D eigenvalue weighted by Gasteiger charge is -2.20. The average Bonchev–Trinajstić information content (AvgIpc) is 2.14. The molecule has 0 unspecified atom stereocenters. The van der Waals surface area contributed by atoms with Gasteiger partial charge in [0, 0.05) is 13.6 Å². The second-order valence-corrected chi connectivity index (χ2v) is 3.82. The van der Waals surface area contributed by atoms with Crippen LogP contribution in [-0.4, -0.2) is 47.5 Å². The number of primary amides is 1. The lowest BCUT2D eigenvalue weighted by molar-refractivity contribution is -0.140. The largest absolute Gasteiger partial charge is 0.480 e. The van der Waals surface area contributed by atoms with E-state index in [1.165, 1.54) is 11.9 Å². The lowest BCUT2D eigenvalue weighted by atomic mass is 10.2. The van der Waals surface area contributed by atoms with Crippen LogP contribution in [0.3, 0.4) is 0 Å². The van der Waals surface area contributed by atoms with E-state index in [1.54, 1.807) is 6.92 Å². The van der Waals surface area contributed by atoms with E-state index >= 15 is 0 Å². The van der Waals surface area contributed by atoms with Gasteiger partial charge in [0.1, 0.15) is 6.04 Å². The van der Waals surface area contributed by atoms with Crippen LogP contribution in [0.4, 0.5) is 4.79 Å². The molecular formula is C10H17N3O4.